The molecule has 30 heavy (non-hydrogen) atoms. The van der Waals surface area contributed by atoms with Gasteiger partial charge in [0.2, 0.25) is 5.91 Å². The van der Waals surface area contributed by atoms with Gasteiger partial charge in [0.1, 0.15) is 5.75 Å². The van der Waals surface area contributed by atoms with E-state index in [0.29, 0.717) is 25.2 Å². The highest BCUT2D eigenvalue weighted by Crippen LogP contribution is 2.28. The highest BCUT2D eigenvalue weighted by atomic mass is 16.5. The van der Waals surface area contributed by atoms with Gasteiger partial charge >= 0.3 is 5.97 Å². The van der Waals surface area contributed by atoms with Crippen molar-refractivity contribution in [3.63, 3.8) is 0 Å². The number of nitrogens with two attached hydrogens (primary N) is 1. The van der Waals surface area contributed by atoms with Crippen molar-refractivity contribution in [1.82, 2.24) is 4.90 Å². The Bertz CT molecular complexity index is 875. The molecule has 0 radical (unpaired) electrons. The summed E-state index contributed by atoms with van der Waals surface area (Å²) in [7, 11) is 0. The molecule has 1 amide bonds. The Morgan fingerprint density at radius 3 is 2.63 bits per heavy atom. The number of primary amides is 1. The van der Waals surface area contributed by atoms with Crippen molar-refractivity contribution in [3.8, 4) is 5.75 Å². The Balaban J connectivity index is 1.70. The molecule has 0 atom stereocenters. The summed E-state index contributed by atoms with van der Waals surface area (Å²) in [6, 6.07) is 9.52. The number of esters is 1. The van der Waals surface area contributed by atoms with Crippen molar-refractivity contribution in [1.29, 1.82) is 0 Å². The Labute approximate surface area is 178 Å². The lowest BCUT2D eigenvalue weighted by atomic mass is 9.95. The van der Waals surface area contributed by atoms with E-state index in [2.05, 4.69) is 4.90 Å². The van der Waals surface area contributed by atoms with Crippen LogP contribution >= 0.6 is 0 Å². The predicted molar refractivity (Wildman–Crippen MR) is 118 cm³/mol. The number of rotatable bonds is 10. The summed E-state index contributed by atoms with van der Waals surface area (Å²) in [6.45, 7) is 6.23. The Hall–Kier alpha value is -2.60. The van der Waals surface area contributed by atoms with Crippen LogP contribution < -0.4 is 10.5 Å². The second-order valence-corrected chi connectivity index (χ2v) is 7.77. The summed E-state index contributed by atoms with van der Waals surface area (Å²) in [5.74, 6) is 0.0401. The molecule has 2 N–H and O–H groups in total. The van der Waals surface area contributed by atoms with Gasteiger partial charge in [-0.3, -0.25) is 4.79 Å². The zero-order chi connectivity index (χ0) is 21.3. The SMILES string of the molecule is CCOC(=O)c1ccc2cc(OCCCN3CCCCC3)ccc2c1CCC(N)=O. The van der Waals surface area contributed by atoms with Crippen LogP contribution in [0.25, 0.3) is 10.8 Å². The standard InChI is InChI=1S/C24H32N2O4/c1-2-29-24(28)22-9-7-18-17-19(8-10-20(18)21(22)11-12-23(25)27)30-16-6-15-26-13-4-3-5-14-26/h7-10,17H,2-6,11-16H2,1H3,(H2,25,27). The van der Waals surface area contributed by atoms with Crippen LogP contribution in [0.4, 0.5) is 0 Å². The molecule has 1 aliphatic rings. The molecule has 2 aromatic rings. The number of benzene rings is 2. The monoisotopic (exact) mass is 412 g/mol. The van der Waals surface area contributed by atoms with Gasteiger partial charge in [-0.05, 0) is 80.2 Å². The molecule has 162 valence electrons. The van der Waals surface area contributed by atoms with E-state index >= 15 is 0 Å². The lowest BCUT2D eigenvalue weighted by Gasteiger charge is -2.26. The van der Waals surface area contributed by atoms with Crippen LogP contribution in [0.15, 0.2) is 30.3 Å². The first kappa shape index (κ1) is 22.1. The highest BCUT2D eigenvalue weighted by Gasteiger charge is 2.16. The number of likely N-dealkylation sites (tertiary alicyclic amines) is 1. The van der Waals surface area contributed by atoms with E-state index in [1.807, 2.05) is 24.3 Å². The quantitative estimate of drug-likeness (QED) is 0.475. The van der Waals surface area contributed by atoms with Gasteiger partial charge in [0.15, 0.2) is 0 Å². The van der Waals surface area contributed by atoms with E-state index in [0.717, 1.165) is 35.1 Å². The number of ether oxygens (including phenoxy) is 2. The molecule has 0 saturated carbocycles. The van der Waals surface area contributed by atoms with Gasteiger partial charge < -0.3 is 20.1 Å². The zero-order valence-corrected chi connectivity index (χ0v) is 17.8. The summed E-state index contributed by atoms with van der Waals surface area (Å²) in [5, 5.41) is 1.89. The first-order valence-electron chi connectivity index (χ1n) is 10.9. The minimum Gasteiger partial charge on any atom is -0.494 e. The maximum Gasteiger partial charge on any atom is 0.338 e. The van der Waals surface area contributed by atoms with E-state index in [-0.39, 0.29) is 12.4 Å². The van der Waals surface area contributed by atoms with Crippen molar-refractivity contribution in [2.24, 2.45) is 5.73 Å². The molecule has 0 spiro atoms. The summed E-state index contributed by atoms with van der Waals surface area (Å²) in [5.41, 5.74) is 6.62. The number of piperidine rings is 1. The lowest BCUT2D eigenvalue weighted by Crippen LogP contribution is -2.31. The van der Waals surface area contributed by atoms with Crippen molar-refractivity contribution in [2.45, 2.75) is 45.4 Å². The smallest absolute Gasteiger partial charge is 0.338 e. The highest BCUT2D eigenvalue weighted by molar-refractivity contribution is 5.99. The molecule has 0 aliphatic carbocycles. The van der Waals surface area contributed by atoms with Crippen LogP contribution in [-0.2, 0) is 16.0 Å². The van der Waals surface area contributed by atoms with Crippen molar-refractivity contribution in [2.75, 3.05) is 32.8 Å². The average Bonchev–Trinajstić information content (AvgIpc) is 2.75. The normalized spacial score (nSPS) is 14.6. The number of carbonyl (C=O) groups excluding carboxylic acids is 2. The van der Waals surface area contributed by atoms with Crippen LogP contribution in [0.5, 0.6) is 5.75 Å². The Morgan fingerprint density at radius 1 is 1.10 bits per heavy atom. The molecule has 0 unspecified atom stereocenters. The molecule has 0 aromatic heterocycles. The molecule has 1 aliphatic heterocycles. The molecule has 6 heteroatoms. The number of carbonyl (C=O) groups is 2. The minimum atomic E-state index is -0.393. The van der Waals surface area contributed by atoms with Gasteiger partial charge in [-0.1, -0.05) is 18.6 Å². The number of nitrogens with zero attached hydrogens (tertiary/aromatic N) is 1. The van der Waals surface area contributed by atoms with Crippen LogP contribution in [0.2, 0.25) is 0 Å². The van der Waals surface area contributed by atoms with Gasteiger partial charge in [0, 0.05) is 13.0 Å². The van der Waals surface area contributed by atoms with Crippen molar-refractivity contribution in [3.05, 3.63) is 41.5 Å². The number of aryl methyl sites for hydroxylation is 1. The third-order valence-corrected chi connectivity index (χ3v) is 5.56. The summed E-state index contributed by atoms with van der Waals surface area (Å²) in [6.07, 6.45) is 5.54. The lowest BCUT2D eigenvalue weighted by molar-refractivity contribution is -0.118. The maximum atomic E-state index is 12.4. The van der Waals surface area contributed by atoms with Gasteiger partial charge in [0.25, 0.3) is 0 Å². The van der Waals surface area contributed by atoms with Crippen LogP contribution in [0, 0.1) is 0 Å². The fourth-order valence-corrected chi connectivity index (χ4v) is 4.04. The van der Waals surface area contributed by atoms with Crippen LogP contribution in [-0.4, -0.2) is 49.6 Å². The maximum absolute atomic E-state index is 12.4. The number of fused-ring (bicyclic) bond motifs is 1. The summed E-state index contributed by atoms with van der Waals surface area (Å²) in [4.78, 5) is 26.2. The number of hydrogen-bond acceptors (Lipinski definition) is 5. The molecule has 1 fully saturated rings. The van der Waals surface area contributed by atoms with E-state index in [1.54, 1.807) is 13.0 Å². The first-order chi connectivity index (χ1) is 14.6. The molecule has 3 rings (SSSR count). The zero-order valence-electron chi connectivity index (χ0n) is 17.8. The molecular weight excluding hydrogens is 380 g/mol. The summed E-state index contributed by atoms with van der Waals surface area (Å²) >= 11 is 0. The average molecular weight is 413 g/mol. The van der Waals surface area contributed by atoms with Crippen LogP contribution in [0.3, 0.4) is 0 Å². The van der Waals surface area contributed by atoms with E-state index in [1.165, 1.54) is 32.4 Å². The molecule has 0 bridgehead atoms. The van der Waals surface area contributed by atoms with Gasteiger partial charge in [-0.15, -0.1) is 0 Å². The Morgan fingerprint density at radius 2 is 1.90 bits per heavy atom. The third kappa shape index (κ3) is 5.95. The van der Waals surface area contributed by atoms with E-state index in [9.17, 15) is 9.59 Å². The molecule has 1 saturated heterocycles. The molecule has 1 heterocycles. The van der Waals surface area contributed by atoms with Gasteiger partial charge in [-0.2, -0.15) is 0 Å². The fraction of sp³-hybridized carbons (Fsp3) is 0.500. The van der Waals surface area contributed by atoms with E-state index in [4.69, 9.17) is 15.2 Å². The second kappa shape index (κ2) is 11.0. The second-order valence-electron chi connectivity index (χ2n) is 7.77. The number of amides is 1. The largest absolute Gasteiger partial charge is 0.494 e. The third-order valence-electron chi connectivity index (χ3n) is 5.56. The molecular formula is C24H32N2O4. The van der Waals surface area contributed by atoms with Gasteiger partial charge in [-0.25, -0.2) is 4.79 Å². The molecule has 2 aromatic carbocycles. The van der Waals surface area contributed by atoms with Crippen molar-refractivity contribution < 1.29 is 19.1 Å². The van der Waals surface area contributed by atoms with E-state index < -0.39 is 5.91 Å². The minimum absolute atomic E-state index is 0.181. The van der Waals surface area contributed by atoms with Crippen molar-refractivity contribution >= 4 is 22.6 Å². The predicted octanol–water partition coefficient (Wildman–Crippen LogP) is 3.69. The first-order valence-corrected chi connectivity index (χ1v) is 10.9. The Kier molecular flexibility index (Phi) is 8.08. The topological polar surface area (TPSA) is 81.9 Å². The summed E-state index contributed by atoms with van der Waals surface area (Å²) < 4.78 is 11.1. The van der Waals surface area contributed by atoms with Crippen LogP contribution in [0.1, 0.15) is 54.9 Å². The molecule has 6 nitrogen and oxygen atoms in total. The fourth-order valence-electron chi connectivity index (χ4n) is 4.04. The number of hydrogen-bond donors (Lipinski definition) is 1. The van der Waals surface area contributed by atoms with Gasteiger partial charge in [0.05, 0.1) is 18.8 Å².